The van der Waals surface area contributed by atoms with Gasteiger partial charge in [0.2, 0.25) is 5.88 Å². The van der Waals surface area contributed by atoms with E-state index >= 15 is 0 Å². The van der Waals surface area contributed by atoms with Crippen molar-refractivity contribution in [3.05, 3.63) is 58.7 Å². The van der Waals surface area contributed by atoms with Gasteiger partial charge in [0.25, 0.3) is 0 Å². The maximum absolute atomic E-state index is 12.3. The molecule has 142 valence electrons. The van der Waals surface area contributed by atoms with E-state index in [4.69, 9.17) is 9.47 Å². The van der Waals surface area contributed by atoms with Gasteiger partial charge in [0.1, 0.15) is 12.7 Å². The van der Waals surface area contributed by atoms with Crippen LogP contribution in [0.3, 0.4) is 0 Å². The van der Waals surface area contributed by atoms with Crippen molar-refractivity contribution in [2.75, 3.05) is 13.1 Å². The van der Waals surface area contributed by atoms with Gasteiger partial charge in [-0.25, -0.2) is 9.78 Å². The summed E-state index contributed by atoms with van der Waals surface area (Å²) in [6.07, 6.45) is 5.86. The number of carbonyl (C=O) groups is 1. The molecular weight excluding hydrogens is 408 g/mol. The number of hydrogen-bond acceptors (Lipinski definition) is 4. The number of aromatic nitrogens is 1. The molecule has 1 aliphatic carbocycles. The van der Waals surface area contributed by atoms with E-state index in [0.29, 0.717) is 17.9 Å². The maximum atomic E-state index is 12.3. The number of amides is 1. The highest BCUT2D eigenvalue weighted by Crippen LogP contribution is 2.50. The highest BCUT2D eigenvalue weighted by atomic mass is 79.9. The molecule has 1 spiro atoms. The van der Waals surface area contributed by atoms with Crippen LogP contribution < -0.4 is 4.74 Å². The number of benzene rings is 1. The Bertz CT molecular complexity index is 783. The maximum Gasteiger partial charge on any atom is 0.410 e. The van der Waals surface area contributed by atoms with Gasteiger partial charge in [-0.15, -0.1) is 0 Å². The van der Waals surface area contributed by atoms with E-state index in [1.807, 2.05) is 47.4 Å². The molecule has 6 heteroatoms. The summed E-state index contributed by atoms with van der Waals surface area (Å²) < 4.78 is 12.4. The summed E-state index contributed by atoms with van der Waals surface area (Å²) in [5.41, 5.74) is 1.33. The zero-order valence-corrected chi connectivity index (χ0v) is 16.7. The van der Waals surface area contributed by atoms with E-state index in [1.54, 1.807) is 6.20 Å². The molecule has 0 unspecified atom stereocenters. The SMILES string of the molecule is O=C(OCc1ccccc1)N1CCC2(CC1)CC(Oc1cc(Br)ccn1)C2. The number of hydrogen-bond donors (Lipinski definition) is 0. The van der Waals surface area contributed by atoms with Gasteiger partial charge < -0.3 is 14.4 Å². The molecule has 1 saturated carbocycles. The Morgan fingerprint density at radius 2 is 1.93 bits per heavy atom. The van der Waals surface area contributed by atoms with E-state index in [-0.39, 0.29) is 12.2 Å². The Labute approximate surface area is 167 Å². The Morgan fingerprint density at radius 3 is 2.63 bits per heavy atom. The van der Waals surface area contributed by atoms with Crippen molar-refractivity contribution in [1.29, 1.82) is 0 Å². The lowest BCUT2D eigenvalue weighted by Gasteiger charge is -2.51. The van der Waals surface area contributed by atoms with Crippen LogP contribution in [0.15, 0.2) is 53.1 Å². The molecule has 1 saturated heterocycles. The monoisotopic (exact) mass is 430 g/mol. The van der Waals surface area contributed by atoms with Gasteiger partial charge in [0, 0.05) is 29.8 Å². The third-order valence-corrected chi connectivity index (χ3v) is 6.09. The standard InChI is InChI=1S/C21H23BrN2O3/c22-17-6-9-23-19(12-17)27-18-13-21(14-18)7-10-24(11-8-21)20(25)26-15-16-4-2-1-3-5-16/h1-6,9,12,18H,7-8,10-11,13-15H2. The van der Waals surface area contributed by atoms with E-state index < -0.39 is 0 Å². The molecule has 2 aromatic rings. The summed E-state index contributed by atoms with van der Waals surface area (Å²) >= 11 is 3.44. The fraction of sp³-hybridized carbons (Fsp3) is 0.429. The molecule has 4 rings (SSSR count). The minimum atomic E-state index is -0.209. The molecule has 27 heavy (non-hydrogen) atoms. The number of likely N-dealkylation sites (tertiary alicyclic amines) is 1. The molecule has 2 aliphatic rings. The van der Waals surface area contributed by atoms with E-state index in [0.717, 1.165) is 48.8 Å². The molecule has 1 aromatic carbocycles. The van der Waals surface area contributed by atoms with Crippen molar-refractivity contribution < 1.29 is 14.3 Å². The normalized spacial score (nSPS) is 18.8. The van der Waals surface area contributed by atoms with Crippen molar-refractivity contribution in [3.63, 3.8) is 0 Å². The van der Waals surface area contributed by atoms with Crippen LogP contribution in [0.4, 0.5) is 4.79 Å². The molecule has 2 fully saturated rings. The van der Waals surface area contributed by atoms with Crippen LogP contribution in [0.2, 0.25) is 0 Å². The summed E-state index contributed by atoms with van der Waals surface area (Å²) in [4.78, 5) is 18.4. The average Bonchev–Trinajstić information content (AvgIpc) is 2.66. The number of pyridine rings is 1. The molecule has 0 N–H and O–H groups in total. The lowest BCUT2D eigenvalue weighted by Crippen LogP contribution is -2.52. The first-order valence-electron chi connectivity index (χ1n) is 9.36. The molecule has 5 nitrogen and oxygen atoms in total. The summed E-state index contributed by atoms with van der Waals surface area (Å²) in [7, 11) is 0. The van der Waals surface area contributed by atoms with Crippen molar-refractivity contribution in [3.8, 4) is 5.88 Å². The summed E-state index contributed by atoms with van der Waals surface area (Å²) in [6, 6.07) is 13.6. The van der Waals surface area contributed by atoms with E-state index in [2.05, 4.69) is 20.9 Å². The van der Waals surface area contributed by atoms with Crippen LogP contribution in [0.5, 0.6) is 5.88 Å². The first kappa shape index (κ1) is 18.3. The minimum Gasteiger partial charge on any atom is -0.474 e. The minimum absolute atomic E-state index is 0.209. The number of rotatable bonds is 4. The number of halogens is 1. The van der Waals surface area contributed by atoms with Crippen LogP contribution in [-0.4, -0.2) is 35.2 Å². The Hall–Kier alpha value is -2.08. The lowest BCUT2D eigenvalue weighted by molar-refractivity contribution is -0.0552. The highest BCUT2D eigenvalue weighted by molar-refractivity contribution is 9.10. The lowest BCUT2D eigenvalue weighted by atomic mass is 9.61. The van der Waals surface area contributed by atoms with Crippen molar-refractivity contribution in [2.45, 2.75) is 38.4 Å². The van der Waals surface area contributed by atoms with Gasteiger partial charge in [0.05, 0.1) is 0 Å². The number of nitrogens with zero attached hydrogens (tertiary/aromatic N) is 2. The highest BCUT2D eigenvalue weighted by Gasteiger charge is 2.47. The molecule has 1 aliphatic heterocycles. The molecule has 1 aromatic heterocycles. The Morgan fingerprint density at radius 1 is 1.19 bits per heavy atom. The second-order valence-corrected chi connectivity index (χ2v) is 8.40. The van der Waals surface area contributed by atoms with Gasteiger partial charge >= 0.3 is 6.09 Å². The van der Waals surface area contributed by atoms with Gasteiger partial charge in [-0.1, -0.05) is 46.3 Å². The van der Waals surface area contributed by atoms with Gasteiger partial charge in [0.15, 0.2) is 0 Å². The van der Waals surface area contributed by atoms with E-state index in [1.165, 1.54) is 0 Å². The smallest absolute Gasteiger partial charge is 0.410 e. The van der Waals surface area contributed by atoms with Crippen LogP contribution in [0.1, 0.15) is 31.2 Å². The van der Waals surface area contributed by atoms with Crippen LogP contribution >= 0.6 is 15.9 Å². The van der Waals surface area contributed by atoms with Crippen LogP contribution in [0.25, 0.3) is 0 Å². The van der Waals surface area contributed by atoms with Gasteiger partial charge in [-0.05, 0) is 42.7 Å². The summed E-state index contributed by atoms with van der Waals surface area (Å²) in [5, 5.41) is 0. The van der Waals surface area contributed by atoms with E-state index in [9.17, 15) is 4.79 Å². The molecule has 1 amide bonds. The third-order valence-electron chi connectivity index (χ3n) is 5.59. The summed E-state index contributed by atoms with van der Waals surface area (Å²) in [6.45, 7) is 1.85. The van der Waals surface area contributed by atoms with Crippen LogP contribution in [0, 0.1) is 5.41 Å². The van der Waals surface area contributed by atoms with Crippen LogP contribution in [-0.2, 0) is 11.3 Å². The Balaban J connectivity index is 1.21. The average molecular weight is 431 g/mol. The fourth-order valence-corrected chi connectivity index (χ4v) is 4.31. The van der Waals surface area contributed by atoms with Crippen molar-refractivity contribution in [1.82, 2.24) is 9.88 Å². The van der Waals surface area contributed by atoms with Gasteiger partial charge in [-0.3, -0.25) is 0 Å². The van der Waals surface area contributed by atoms with Crippen molar-refractivity contribution >= 4 is 22.0 Å². The van der Waals surface area contributed by atoms with Gasteiger partial charge in [-0.2, -0.15) is 0 Å². The fourth-order valence-electron chi connectivity index (χ4n) is 3.99. The number of piperidine rings is 1. The third kappa shape index (κ3) is 4.43. The molecule has 2 heterocycles. The quantitative estimate of drug-likeness (QED) is 0.698. The zero-order chi connectivity index (χ0) is 18.7. The predicted octanol–water partition coefficient (Wildman–Crippen LogP) is 4.80. The topological polar surface area (TPSA) is 51.7 Å². The summed E-state index contributed by atoms with van der Waals surface area (Å²) in [5.74, 6) is 0.672. The second kappa shape index (κ2) is 7.89. The molecule has 0 radical (unpaired) electrons. The zero-order valence-electron chi connectivity index (χ0n) is 15.1. The molecule has 0 atom stereocenters. The largest absolute Gasteiger partial charge is 0.474 e. The Kier molecular flexibility index (Phi) is 5.34. The molecule has 0 bridgehead atoms. The second-order valence-electron chi connectivity index (χ2n) is 7.49. The van der Waals surface area contributed by atoms with Crippen molar-refractivity contribution in [2.24, 2.45) is 5.41 Å². The predicted molar refractivity (Wildman–Crippen MR) is 105 cm³/mol. The molecular formula is C21H23BrN2O3. The first-order valence-corrected chi connectivity index (χ1v) is 10.2. The number of ether oxygens (including phenoxy) is 2. The first-order chi connectivity index (χ1) is 13.1. The number of carbonyl (C=O) groups excluding carboxylic acids is 1.